The molecule has 3 nitrogen and oxygen atoms in total. The maximum absolute atomic E-state index is 4.51. The van der Waals surface area contributed by atoms with Gasteiger partial charge >= 0.3 is 0 Å². The number of rotatable bonds is 0. The van der Waals surface area contributed by atoms with E-state index in [0.717, 1.165) is 0 Å². The summed E-state index contributed by atoms with van der Waals surface area (Å²) in [5.41, 5.74) is 2.36. The lowest BCUT2D eigenvalue weighted by atomic mass is 9.80. The zero-order valence-electron chi connectivity index (χ0n) is 10.8. The van der Waals surface area contributed by atoms with Gasteiger partial charge in [0.2, 0.25) is 5.69 Å². The van der Waals surface area contributed by atoms with Gasteiger partial charge in [-0.2, -0.15) is 9.67 Å². The van der Waals surface area contributed by atoms with Crippen LogP contribution in [0.5, 0.6) is 0 Å². The van der Waals surface area contributed by atoms with E-state index in [0.29, 0.717) is 0 Å². The first kappa shape index (κ1) is 10.5. The summed E-state index contributed by atoms with van der Waals surface area (Å²) in [4.78, 5) is 0. The molecule has 3 heterocycles. The number of pyridine rings is 1. The van der Waals surface area contributed by atoms with Crippen LogP contribution in [0.3, 0.4) is 0 Å². The highest BCUT2D eigenvalue weighted by Crippen LogP contribution is 2.38. The second-order valence-electron chi connectivity index (χ2n) is 5.70. The Bertz CT molecular complexity index is 579. The van der Waals surface area contributed by atoms with Crippen LogP contribution < -0.4 is 4.57 Å². The molecule has 0 saturated carbocycles. The lowest BCUT2D eigenvalue weighted by Crippen LogP contribution is -2.67. The van der Waals surface area contributed by atoms with Crippen molar-refractivity contribution in [3.05, 3.63) is 36.7 Å². The Labute approximate surface area is 102 Å². The molecule has 17 heavy (non-hydrogen) atoms. The minimum absolute atomic E-state index is 0.0113. The van der Waals surface area contributed by atoms with Gasteiger partial charge in [0.15, 0.2) is 11.7 Å². The second-order valence-corrected chi connectivity index (χ2v) is 5.70. The third kappa shape index (κ3) is 1.11. The molecule has 0 aliphatic carbocycles. The Kier molecular flexibility index (Phi) is 1.84. The smallest absolute Gasteiger partial charge is 0.231 e. The molecule has 2 aromatic heterocycles. The van der Waals surface area contributed by atoms with Crippen molar-refractivity contribution < 1.29 is 4.57 Å². The molecule has 2 aromatic rings. The summed E-state index contributed by atoms with van der Waals surface area (Å²) in [6.45, 7) is 9.02. The standard InChI is InChI=1S/C14H18N3/c1-13(2)14(3,4)17-12(8-9-15-17)11-7-5-6-10-16(11)13/h5-10H,1-4H3/q+1. The van der Waals surface area contributed by atoms with Crippen LogP contribution in [0.2, 0.25) is 0 Å². The van der Waals surface area contributed by atoms with Crippen molar-refractivity contribution >= 4 is 0 Å². The van der Waals surface area contributed by atoms with Gasteiger partial charge in [0.05, 0.1) is 0 Å². The predicted octanol–water partition coefficient (Wildman–Crippen LogP) is 2.32. The first-order valence-corrected chi connectivity index (χ1v) is 6.02. The van der Waals surface area contributed by atoms with Crippen LogP contribution in [-0.2, 0) is 11.1 Å². The van der Waals surface area contributed by atoms with Crippen LogP contribution in [0.15, 0.2) is 36.7 Å². The Morgan fingerprint density at radius 3 is 2.65 bits per heavy atom. The van der Waals surface area contributed by atoms with E-state index in [1.165, 1.54) is 11.4 Å². The van der Waals surface area contributed by atoms with E-state index >= 15 is 0 Å². The Balaban J connectivity index is 2.42. The highest BCUT2D eigenvalue weighted by molar-refractivity contribution is 5.52. The molecule has 0 aromatic carbocycles. The van der Waals surface area contributed by atoms with Crippen LogP contribution in [0.25, 0.3) is 11.4 Å². The summed E-state index contributed by atoms with van der Waals surface area (Å²) in [5.74, 6) is 0. The summed E-state index contributed by atoms with van der Waals surface area (Å²) in [5, 5.41) is 4.51. The lowest BCUT2D eigenvalue weighted by Gasteiger charge is -2.41. The fraction of sp³-hybridized carbons (Fsp3) is 0.429. The average Bonchev–Trinajstić information content (AvgIpc) is 2.77. The van der Waals surface area contributed by atoms with Gasteiger partial charge in [-0.05, 0) is 26.0 Å². The molecule has 0 fully saturated rings. The van der Waals surface area contributed by atoms with Crippen molar-refractivity contribution in [3.8, 4) is 11.4 Å². The summed E-state index contributed by atoms with van der Waals surface area (Å²) in [6.07, 6.45) is 4.05. The van der Waals surface area contributed by atoms with E-state index in [1.807, 2.05) is 6.20 Å². The Morgan fingerprint density at radius 2 is 1.88 bits per heavy atom. The topological polar surface area (TPSA) is 21.7 Å². The Hall–Kier alpha value is -1.64. The van der Waals surface area contributed by atoms with E-state index in [4.69, 9.17) is 0 Å². The molecular formula is C14H18N3+. The predicted molar refractivity (Wildman–Crippen MR) is 66.5 cm³/mol. The van der Waals surface area contributed by atoms with Crippen molar-refractivity contribution in [1.82, 2.24) is 9.78 Å². The fourth-order valence-electron chi connectivity index (χ4n) is 2.64. The molecule has 88 valence electrons. The highest BCUT2D eigenvalue weighted by atomic mass is 15.4. The first-order chi connectivity index (χ1) is 7.96. The van der Waals surface area contributed by atoms with E-state index in [2.05, 4.69) is 72.5 Å². The van der Waals surface area contributed by atoms with Crippen LogP contribution in [-0.4, -0.2) is 9.78 Å². The third-order valence-corrected chi connectivity index (χ3v) is 4.39. The SMILES string of the molecule is CC1(C)n2nccc2-c2cccc[n+]2C1(C)C. The molecule has 0 radical (unpaired) electrons. The highest BCUT2D eigenvalue weighted by Gasteiger charge is 2.53. The van der Waals surface area contributed by atoms with Crippen LogP contribution in [0, 0.1) is 0 Å². The quantitative estimate of drug-likeness (QED) is 0.634. The molecule has 0 amide bonds. The lowest BCUT2D eigenvalue weighted by molar-refractivity contribution is -0.764. The molecule has 3 heteroatoms. The van der Waals surface area contributed by atoms with E-state index in [-0.39, 0.29) is 11.1 Å². The molecule has 0 saturated heterocycles. The monoisotopic (exact) mass is 228 g/mol. The van der Waals surface area contributed by atoms with Crippen molar-refractivity contribution in [2.24, 2.45) is 0 Å². The van der Waals surface area contributed by atoms with Crippen LogP contribution in [0.1, 0.15) is 27.7 Å². The van der Waals surface area contributed by atoms with Gasteiger partial charge in [-0.15, -0.1) is 0 Å². The summed E-state index contributed by atoms with van der Waals surface area (Å²) in [6, 6.07) is 8.41. The van der Waals surface area contributed by atoms with E-state index in [1.54, 1.807) is 0 Å². The summed E-state index contributed by atoms with van der Waals surface area (Å²) >= 11 is 0. The molecule has 0 bridgehead atoms. The van der Waals surface area contributed by atoms with Crippen molar-refractivity contribution in [2.75, 3.05) is 0 Å². The van der Waals surface area contributed by atoms with Gasteiger partial charge in [-0.3, -0.25) is 0 Å². The number of fused-ring (bicyclic) bond motifs is 3. The second kappa shape index (κ2) is 2.97. The number of hydrogen-bond acceptors (Lipinski definition) is 1. The Morgan fingerprint density at radius 1 is 1.12 bits per heavy atom. The molecular weight excluding hydrogens is 210 g/mol. The molecule has 0 atom stereocenters. The minimum Gasteiger partial charge on any atom is -0.246 e. The largest absolute Gasteiger partial charge is 0.246 e. The van der Waals surface area contributed by atoms with E-state index in [9.17, 15) is 0 Å². The van der Waals surface area contributed by atoms with Gasteiger partial charge in [0, 0.05) is 32.2 Å². The van der Waals surface area contributed by atoms with Crippen LogP contribution >= 0.6 is 0 Å². The van der Waals surface area contributed by atoms with E-state index < -0.39 is 0 Å². The van der Waals surface area contributed by atoms with Gasteiger partial charge < -0.3 is 0 Å². The van der Waals surface area contributed by atoms with Crippen molar-refractivity contribution in [1.29, 1.82) is 0 Å². The maximum atomic E-state index is 4.51. The normalized spacial score (nSPS) is 19.5. The molecule has 0 N–H and O–H groups in total. The van der Waals surface area contributed by atoms with Gasteiger partial charge in [0.25, 0.3) is 0 Å². The minimum atomic E-state index is -0.0507. The van der Waals surface area contributed by atoms with Crippen molar-refractivity contribution in [3.63, 3.8) is 0 Å². The van der Waals surface area contributed by atoms with Crippen molar-refractivity contribution in [2.45, 2.75) is 38.8 Å². The van der Waals surface area contributed by atoms with Gasteiger partial charge in [-0.1, -0.05) is 0 Å². The number of nitrogens with zero attached hydrogens (tertiary/aromatic N) is 3. The van der Waals surface area contributed by atoms with Gasteiger partial charge in [0.1, 0.15) is 11.2 Å². The zero-order valence-corrected chi connectivity index (χ0v) is 10.8. The van der Waals surface area contributed by atoms with Gasteiger partial charge in [-0.25, -0.2) is 4.68 Å². The first-order valence-electron chi connectivity index (χ1n) is 6.02. The molecule has 0 spiro atoms. The molecule has 3 rings (SSSR count). The number of hydrogen-bond donors (Lipinski definition) is 0. The fourth-order valence-corrected chi connectivity index (χ4v) is 2.64. The molecule has 1 aliphatic rings. The molecule has 1 aliphatic heterocycles. The number of aromatic nitrogens is 3. The van der Waals surface area contributed by atoms with Crippen LogP contribution in [0.4, 0.5) is 0 Å². The summed E-state index contributed by atoms with van der Waals surface area (Å²) in [7, 11) is 0. The third-order valence-electron chi connectivity index (χ3n) is 4.39. The summed E-state index contributed by atoms with van der Waals surface area (Å²) < 4.78 is 4.49. The molecule has 0 unspecified atom stereocenters. The average molecular weight is 228 g/mol. The maximum Gasteiger partial charge on any atom is 0.231 e. The zero-order chi connectivity index (χ0) is 12.3.